The van der Waals surface area contributed by atoms with Gasteiger partial charge in [-0.2, -0.15) is 0 Å². The first-order chi connectivity index (χ1) is 25.5. The molecule has 2 aromatic rings. The first-order valence-electron chi connectivity index (χ1n) is 18.1. The number of hydrogen-bond donors (Lipinski definition) is 3. The first-order valence-corrected chi connectivity index (χ1v) is 20.8. The van der Waals surface area contributed by atoms with Crippen LogP contribution in [0.15, 0.2) is 34.5 Å². The molecule has 18 heteroatoms. The van der Waals surface area contributed by atoms with E-state index in [4.69, 9.17) is 21.1 Å². The van der Waals surface area contributed by atoms with Gasteiger partial charge in [0.1, 0.15) is 39.4 Å². The molecule has 54 heavy (non-hydrogen) atoms. The van der Waals surface area contributed by atoms with Gasteiger partial charge in [0, 0.05) is 18.5 Å². The molecule has 3 N–H and O–H groups in total. The summed E-state index contributed by atoms with van der Waals surface area (Å²) in [5, 5.41) is 5.48. The SMILES string of the molecule is CC(C)(C)OC(=O)N[C@H]1CCCCCCC[C@@H]2C[C@@]2(C(=O)NS(=O)(=O)c2ccc(Cl)s2)NC(=O)[C@@H]2C[C@@H](OC(=O)N3Cc4cccc(F)c4C3)CN2C1=O. The Bertz CT molecular complexity index is 1920. The van der Waals surface area contributed by atoms with E-state index in [1.54, 1.807) is 32.9 Å². The molecule has 0 bridgehead atoms. The smallest absolute Gasteiger partial charge is 0.410 e. The van der Waals surface area contributed by atoms with Crippen molar-refractivity contribution < 1.29 is 46.3 Å². The summed E-state index contributed by atoms with van der Waals surface area (Å²) >= 11 is 6.74. The van der Waals surface area contributed by atoms with Gasteiger partial charge >= 0.3 is 12.2 Å². The third-order valence-electron chi connectivity index (χ3n) is 10.2. The predicted molar refractivity (Wildman–Crippen MR) is 195 cm³/mol. The molecule has 1 aromatic carbocycles. The van der Waals surface area contributed by atoms with Crippen molar-refractivity contribution >= 4 is 62.9 Å². The number of nitrogens with zero attached hydrogens (tertiary/aromatic N) is 2. The van der Waals surface area contributed by atoms with Crippen LogP contribution in [-0.2, 0) is 47.0 Å². The van der Waals surface area contributed by atoms with Gasteiger partial charge in [-0.3, -0.25) is 19.3 Å². The van der Waals surface area contributed by atoms with Crippen LogP contribution in [0.4, 0.5) is 14.0 Å². The number of alkyl carbamates (subject to hydrolysis) is 1. The molecule has 2 saturated heterocycles. The second-order valence-corrected chi connectivity index (χ2v) is 19.0. The van der Waals surface area contributed by atoms with Gasteiger partial charge in [0.05, 0.1) is 17.4 Å². The number of rotatable bonds is 5. The van der Waals surface area contributed by atoms with Crippen LogP contribution in [0.1, 0.15) is 89.7 Å². The van der Waals surface area contributed by atoms with E-state index in [1.165, 1.54) is 28.0 Å². The largest absolute Gasteiger partial charge is 0.444 e. The Morgan fingerprint density at radius 1 is 1.04 bits per heavy atom. The molecule has 0 spiro atoms. The van der Waals surface area contributed by atoms with Crippen LogP contribution in [0.25, 0.3) is 0 Å². The number of benzene rings is 1. The maximum absolute atomic E-state index is 14.4. The van der Waals surface area contributed by atoms with E-state index in [2.05, 4.69) is 15.4 Å². The van der Waals surface area contributed by atoms with Crippen LogP contribution in [-0.4, -0.2) is 84.0 Å². The van der Waals surface area contributed by atoms with Crippen LogP contribution >= 0.6 is 22.9 Å². The first kappa shape index (κ1) is 39.7. The van der Waals surface area contributed by atoms with Crippen molar-refractivity contribution in [2.45, 2.75) is 125 Å². The average Bonchev–Trinajstić information content (AvgIpc) is 3.46. The number of ether oxygens (including phenoxy) is 2. The fraction of sp³-hybridized carbons (Fsp3) is 0.583. The highest BCUT2D eigenvalue weighted by molar-refractivity contribution is 7.92. The zero-order valence-electron chi connectivity index (χ0n) is 30.3. The van der Waals surface area contributed by atoms with E-state index >= 15 is 0 Å². The lowest BCUT2D eigenvalue weighted by atomic mass is 10.0. The Morgan fingerprint density at radius 3 is 2.44 bits per heavy atom. The highest BCUT2D eigenvalue weighted by atomic mass is 35.5. The molecule has 4 aliphatic rings. The second kappa shape index (κ2) is 15.6. The highest BCUT2D eigenvalue weighted by Crippen LogP contribution is 2.48. The molecule has 5 atom stereocenters. The van der Waals surface area contributed by atoms with E-state index in [-0.39, 0.29) is 53.4 Å². The number of hydrogen-bond acceptors (Lipinski definition) is 10. The number of nitrogens with one attached hydrogen (secondary N) is 3. The summed E-state index contributed by atoms with van der Waals surface area (Å²) in [6.45, 7) is 4.97. The average molecular weight is 810 g/mol. The number of thiophene rings is 1. The quantitative estimate of drug-likeness (QED) is 0.376. The Balaban J connectivity index is 1.26. The third kappa shape index (κ3) is 8.94. The van der Waals surface area contributed by atoms with Crippen molar-refractivity contribution in [3.8, 4) is 0 Å². The molecular weight excluding hydrogens is 765 g/mol. The van der Waals surface area contributed by atoms with Crippen LogP contribution in [0.5, 0.6) is 0 Å². The highest BCUT2D eigenvalue weighted by Gasteiger charge is 2.62. The Hall–Kier alpha value is -3.96. The number of carbonyl (C=O) groups excluding carboxylic acids is 5. The lowest BCUT2D eigenvalue weighted by Gasteiger charge is -2.30. The molecule has 0 radical (unpaired) electrons. The van der Waals surface area contributed by atoms with Crippen LogP contribution < -0.4 is 15.4 Å². The van der Waals surface area contributed by atoms with E-state index in [9.17, 15) is 36.8 Å². The van der Waals surface area contributed by atoms with Crippen molar-refractivity contribution in [3.63, 3.8) is 0 Å². The Kier molecular flexibility index (Phi) is 11.5. The second-order valence-electron chi connectivity index (χ2n) is 15.4. The number of sulfonamides is 1. The van der Waals surface area contributed by atoms with Gasteiger partial charge in [0.15, 0.2) is 0 Å². The van der Waals surface area contributed by atoms with E-state index < -0.39 is 75.1 Å². The zero-order valence-corrected chi connectivity index (χ0v) is 32.7. The van der Waals surface area contributed by atoms with E-state index in [0.29, 0.717) is 24.0 Å². The van der Waals surface area contributed by atoms with Crippen molar-refractivity contribution in [1.82, 2.24) is 25.2 Å². The number of fused-ring (bicyclic) bond motifs is 3. The summed E-state index contributed by atoms with van der Waals surface area (Å²) < 4.78 is 54.2. The van der Waals surface area contributed by atoms with E-state index in [0.717, 1.165) is 37.0 Å². The molecule has 5 amide bonds. The fourth-order valence-corrected chi connectivity index (χ4v) is 9.97. The van der Waals surface area contributed by atoms with Gasteiger partial charge in [0.2, 0.25) is 11.8 Å². The van der Waals surface area contributed by atoms with Gasteiger partial charge in [-0.05, 0) is 69.7 Å². The monoisotopic (exact) mass is 809 g/mol. The van der Waals surface area contributed by atoms with Gasteiger partial charge in [-0.25, -0.2) is 27.1 Å². The van der Waals surface area contributed by atoms with Gasteiger partial charge in [0.25, 0.3) is 15.9 Å². The molecule has 6 rings (SSSR count). The maximum atomic E-state index is 14.4. The molecule has 3 fully saturated rings. The molecule has 14 nitrogen and oxygen atoms in total. The molecule has 294 valence electrons. The molecule has 1 saturated carbocycles. The zero-order chi connectivity index (χ0) is 39.0. The summed E-state index contributed by atoms with van der Waals surface area (Å²) in [5.41, 5.74) is -1.40. The van der Waals surface area contributed by atoms with Crippen molar-refractivity contribution in [1.29, 1.82) is 0 Å². The number of halogens is 2. The minimum atomic E-state index is -4.31. The van der Waals surface area contributed by atoms with Crippen LogP contribution in [0, 0.1) is 11.7 Å². The summed E-state index contributed by atoms with van der Waals surface area (Å²) in [5.74, 6) is -3.06. The minimum absolute atomic E-state index is 0.0123. The Morgan fingerprint density at radius 2 is 1.76 bits per heavy atom. The normalized spacial score (nSPS) is 26.3. The Labute approximate surface area is 322 Å². The topological polar surface area (TPSA) is 181 Å². The maximum Gasteiger partial charge on any atom is 0.410 e. The molecule has 3 aliphatic heterocycles. The lowest BCUT2D eigenvalue weighted by molar-refractivity contribution is -0.141. The molecular formula is C36H45ClFN5O9S2. The standard InChI is InChI=1S/C36H45ClFN5O9S2/c1-35(2,3)52-33(47)39-26-13-8-6-4-5-7-11-22-17-36(22,32(46)41-54(49,50)29-15-14-28(37)53-29)40-30(44)27-16-23(19-43(27)31(26)45)51-34(48)42-18-21-10-9-12-25(38)24(21)20-42/h9-10,12,14-15,22-23,26-27H,4-8,11,13,16-20H2,1-3H3,(H,39,47)(H,40,44)(H,41,46)/t22-,23-,26+,27+,36-/m1/s1. The van der Waals surface area contributed by atoms with Gasteiger partial charge in [-0.1, -0.05) is 55.8 Å². The predicted octanol–water partition coefficient (Wildman–Crippen LogP) is 4.98. The summed E-state index contributed by atoms with van der Waals surface area (Å²) in [4.78, 5) is 71.4. The number of carbonyl (C=O) groups is 5. The summed E-state index contributed by atoms with van der Waals surface area (Å²) in [6, 6.07) is 4.93. The van der Waals surface area contributed by atoms with Crippen molar-refractivity contribution in [3.05, 3.63) is 51.6 Å². The third-order valence-corrected chi connectivity index (χ3v) is 13.3. The van der Waals surface area contributed by atoms with E-state index in [1.807, 2.05) is 0 Å². The lowest BCUT2D eigenvalue weighted by Crippen LogP contribution is -2.58. The van der Waals surface area contributed by atoms with Gasteiger partial charge in [-0.15, -0.1) is 11.3 Å². The molecule has 1 aliphatic carbocycles. The van der Waals surface area contributed by atoms with Crippen LogP contribution in [0.3, 0.4) is 0 Å². The number of amides is 5. The van der Waals surface area contributed by atoms with Gasteiger partial charge < -0.3 is 25.0 Å². The summed E-state index contributed by atoms with van der Waals surface area (Å²) in [6.07, 6.45) is 1.97. The summed E-state index contributed by atoms with van der Waals surface area (Å²) in [7, 11) is -4.31. The van der Waals surface area contributed by atoms with Crippen molar-refractivity contribution in [2.75, 3.05) is 6.54 Å². The fourth-order valence-electron chi connectivity index (χ4n) is 7.45. The molecule has 4 heterocycles. The van der Waals surface area contributed by atoms with Crippen molar-refractivity contribution in [2.24, 2.45) is 5.92 Å². The minimum Gasteiger partial charge on any atom is -0.444 e. The molecule has 1 aromatic heterocycles. The van der Waals surface area contributed by atoms with Crippen LogP contribution in [0.2, 0.25) is 4.34 Å². The molecule has 0 unspecified atom stereocenters.